The van der Waals surface area contributed by atoms with E-state index in [-0.39, 0.29) is 12.3 Å². The number of carbonyl (C=O) groups excluding carboxylic acids is 1. The maximum absolute atomic E-state index is 11.5. The quantitative estimate of drug-likeness (QED) is 0.746. The molecule has 0 saturated carbocycles. The lowest BCUT2D eigenvalue weighted by Gasteiger charge is -2.12. The number of hydrogen-bond donors (Lipinski definition) is 1. The number of carboxylic acids is 1. The van der Waals surface area contributed by atoms with E-state index < -0.39 is 11.9 Å². The van der Waals surface area contributed by atoms with Crippen molar-refractivity contribution in [3.8, 4) is 0 Å². The number of rotatable bonds is 3. The van der Waals surface area contributed by atoms with Crippen LogP contribution < -0.4 is 0 Å². The van der Waals surface area contributed by atoms with Crippen molar-refractivity contribution in [1.82, 2.24) is 10.1 Å². The van der Waals surface area contributed by atoms with Crippen molar-refractivity contribution < 1.29 is 19.2 Å². The number of hydrogen-bond acceptors (Lipinski definition) is 4. The molecule has 0 aromatic carbocycles. The molecule has 1 N–H and O–H groups in total. The van der Waals surface area contributed by atoms with Gasteiger partial charge in [0, 0.05) is 12.6 Å². The predicted octanol–water partition coefficient (Wildman–Crippen LogP) is 0.140. The third kappa shape index (κ3) is 2.09. The predicted molar refractivity (Wildman–Crippen MR) is 45.8 cm³/mol. The van der Waals surface area contributed by atoms with Gasteiger partial charge < -0.3 is 14.5 Å². The molecule has 0 unspecified atom stereocenters. The van der Waals surface area contributed by atoms with Crippen molar-refractivity contribution >= 4 is 11.9 Å². The van der Waals surface area contributed by atoms with Crippen molar-refractivity contribution in [2.75, 3.05) is 13.6 Å². The van der Waals surface area contributed by atoms with E-state index in [0.29, 0.717) is 5.56 Å². The second-order valence-electron chi connectivity index (χ2n) is 2.89. The van der Waals surface area contributed by atoms with Crippen LogP contribution in [0.1, 0.15) is 16.1 Å². The Morgan fingerprint density at radius 2 is 2.29 bits per heavy atom. The fourth-order valence-corrected chi connectivity index (χ4v) is 0.944. The summed E-state index contributed by atoms with van der Waals surface area (Å²) in [5, 5.41) is 11.9. The standard InChI is InChI=1S/C8H10N2O4/c1-5-3-9-14-7(5)8(13)10(2)4-6(11)12/h3H,4H2,1-2H3,(H,11,12). The number of aliphatic carboxylic acids is 1. The molecule has 6 nitrogen and oxygen atoms in total. The van der Waals surface area contributed by atoms with Gasteiger partial charge in [0.25, 0.3) is 5.91 Å². The van der Waals surface area contributed by atoms with E-state index in [9.17, 15) is 9.59 Å². The van der Waals surface area contributed by atoms with Crippen molar-refractivity contribution in [3.05, 3.63) is 17.5 Å². The van der Waals surface area contributed by atoms with Gasteiger partial charge in [0.2, 0.25) is 5.76 Å². The minimum Gasteiger partial charge on any atom is -0.480 e. The first-order chi connectivity index (χ1) is 6.52. The molecule has 76 valence electrons. The smallest absolute Gasteiger partial charge is 0.323 e. The topological polar surface area (TPSA) is 83.6 Å². The number of likely N-dealkylation sites (N-methyl/N-ethyl adjacent to an activating group) is 1. The Bertz CT molecular complexity index is 358. The molecule has 1 heterocycles. The number of nitrogens with zero attached hydrogens (tertiary/aromatic N) is 2. The summed E-state index contributed by atoms with van der Waals surface area (Å²) in [6, 6.07) is 0. The van der Waals surface area contributed by atoms with Gasteiger partial charge in [-0.3, -0.25) is 9.59 Å². The van der Waals surface area contributed by atoms with Gasteiger partial charge in [-0.25, -0.2) is 0 Å². The van der Waals surface area contributed by atoms with E-state index in [0.717, 1.165) is 4.90 Å². The molecule has 0 aliphatic heterocycles. The van der Waals surface area contributed by atoms with E-state index in [4.69, 9.17) is 9.63 Å². The first kappa shape index (κ1) is 10.2. The molecule has 0 aliphatic rings. The van der Waals surface area contributed by atoms with Crippen LogP contribution in [0.5, 0.6) is 0 Å². The van der Waals surface area contributed by atoms with Crippen LogP contribution >= 0.6 is 0 Å². The lowest BCUT2D eigenvalue weighted by molar-refractivity contribution is -0.137. The van der Waals surface area contributed by atoms with Gasteiger partial charge in [-0.05, 0) is 6.92 Å². The summed E-state index contributed by atoms with van der Waals surface area (Å²) in [7, 11) is 1.39. The molecule has 1 rings (SSSR count). The number of aromatic nitrogens is 1. The fraction of sp³-hybridized carbons (Fsp3) is 0.375. The number of carbonyl (C=O) groups is 2. The lowest BCUT2D eigenvalue weighted by Crippen LogP contribution is -2.32. The Balaban J connectivity index is 2.76. The third-order valence-electron chi connectivity index (χ3n) is 1.66. The van der Waals surface area contributed by atoms with Crippen molar-refractivity contribution in [1.29, 1.82) is 0 Å². The van der Waals surface area contributed by atoms with Gasteiger partial charge >= 0.3 is 5.97 Å². The maximum atomic E-state index is 11.5. The minimum atomic E-state index is -1.07. The second-order valence-corrected chi connectivity index (χ2v) is 2.89. The first-order valence-corrected chi connectivity index (χ1v) is 3.91. The molecule has 0 radical (unpaired) electrons. The molecular formula is C8H10N2O4. The van der Waals surface area contributed by atoms with Crippen LogP contribution in [-0.2, 0) is 4.79 Å². The lowest BCUT2D eigenvalue weighted by atomic mass is 10.2. The second kappa shape index (κ2) is 3.91. The van der Waals surface area contributed by atoms with E-state index in [1.165, 1.54) is 13.2 Å². The van der Waals surface area contributed by atoms with Crippen molar-refractivity contribution in [3.63, 3.8) is 0 Å². The summed E-state index contributed by atoms with van der Waals surface area (Å²) < 4.78 is 4.69. The van der Waals surface area contributed by atoms with Crippen LogP contribution in [0.2, 0.25) is 0 Å². The summed E-state index contributed by atoms with van der Waals surface area (Å²) in [4.78, 5) is 22.9. The Hall–Kier alpha value is -1.85. The monoisotopic (exact) mass is 198 g/mol. The van der Waals surface area contributed by atoms with E-state index in [2.05, 4.69) is 5.16 Å². The van der Waals surface area contributed by atoms with E-state index in [1.54, 1.807) is 6.92 Å². The highest BCUT2D eigenvalue weighted by Gasteiger charge is 2.19. The van der Waals surface area contributed by atoms with E-state index >= 15 is 0 Å². The van der Waals surface area contributed by atoms with Crippen LogP contribution in [0.4, 0.5) is 0 Å². The van der Waals surface area contributed by atoms with Gasteiger partial charge in [-0.1, -0.05) is 5.16 Å². The zero-order valence-electron chi connectivity index (χ0n) is 7.85. The zero-order chi connectivity index (χ0) is 10.7. The fourth-order valence-electron chi connectivity index (χ4n) is 0.944. The molecule has 0 atom stereocenters. The largest absolute Gasteiger partial charge is 0.480 e. The Labute approximate surface area is 80.1 Å². The third-order valence-corrected chi connectivity index (χ3v) is 1.66. The maximum Gasteiger partial charge on any atom is 0.323 e. The number of amides is 1. The molecule has 1 aromatic heterocycles. The molecule has 1 amide bonds. The average Bonchev–Trinajstić information content (AvgIpc) is 2.48. The normalized spacial score (nSPS) is 9.86. The van der Waals surface area contributed by atoms with Crippen LogP contribution in [0.25, 0.3) is 0 Å². The van der Waals surface area contributed by atoms with Gasteiger partial charge in [-0.2, -0.15) is 0 Å². The Kier molecular flexibility index (Phi) is 2.85. The summed E-state index contributed by atoms with van der Waals surface area (Å²) in [6.45, 7) is 1.30. The summed E-state index contributed by atoms with van der Waals surface area (Å²) in [6.07, 6.45) is 1.40. The molecule has 14 heavy (non-hydrogen) atoms. The molecule has 0 saturated heterocycles. The molecule has 6 heteroatoms. The molecule has 1 aromatic rings. The van der Waals surface area contributed by atoms with Crippen LogP contribution in [0, 0.1) is 6.92 Å². The highest BCUT2D eigenvalue weighted by Crippen LogP contribution is 2.08. The zero-order valence-corrected chi connectivity index (χ0v) is 7.85. The van der Waals surface area contributed by atoms with Crippen LogP contribution in [0.15, 0.2) is 10.7 Å². The SMILES string of the molecule is Cc1cnoc1C(=O)N(C)CC(=O)O. The highest BCUT2D eigenvalue weighted by molar-refractivity contribution is 5.94. The van der Waals surface area contributed by atoms with Crippen molar-refractivity contribution in [2.45, 2.75) is 6.92 Å². The van der Waals surface area contributed by atoms with Gasteiger partial charge in [-0.15, -0.1) is 0 Å². The first-order valence-electron chi connectivity index (χ1n) is 3.91. The van der Waals surface area contributed by atoms with Gasteiger partial charge in [0.15, 0.2) is 0 Å². The molecule has 0 bridgehead atoms. The summed E-state index contributed by atoms with van der Waals surface area (Å²) >= 11 is 0. The molecule has 0 fully saturated rings. The highest BCUT2D eigenvalue weighted by atomic mass is 16.5. The molecule has 0 aliphatic carbocycles. The minimum absolute atomic E-state index is 0.0775. The van der Waals surface area contributed by atoms with Gasteiger partial charge in [0.05, 0.1) is 6.20 Å². The average molecular weight is 198 g/mol. The van der Waals surface area contributed by atoms with Crippen LogP contribution in [0.3, 0.4) is 0 Å². The Morgan fingerprint density at radius 1 is 1.64 bits per heavy atom. The van der Waals surface area contributed by atoms with E-state index in [1.807, 2.05) is 0 Å². The van der Waals surface area contributed by atoms with Crippen molar-refractivity contribution in [2.24, 2.45) is 0 Å². The Morgan fingerprint density at radius 3 is 2.71 bits per heavy atom. The number of aryl methyl sites for hydroxylation is 1. The molecule has 0 spiro atoms. The molecular weight excluding hydrogens is 188 g/mol. The van der Waals surface area contributed by atoms with Gasteiger partial charge in [0.1, 0.15) is 6.54 Å². The summed E-state index contributed by atoms with van der Waals surface area (Å²) in [5.74, 6) is -1.48. The number of carboxylic acid groups (broad SMARTS) is 1. The summed E-state index contributed by atoms with van der Waals surface area (Å²) in [5.41, 5.74) is 0.590. The van der Waals surface area contributed by atoms with Crippen LogP contribution in [-0.4, -0.2) is 40.6 Å².